The number of carbonyl (C=O) groups excluding carboxylic acids is 2. The predicted molar refractivity (Wildman–Crippen MR) is 89.3 cm³/mol. The number of hydrogen-bond acceptors (Lipinski definition) is 10. The van der Waals surface area contributed by atoms with Crippen LogP contribution in [0.1, 0.15) is 39.0 Å². The molecule has 12 heteroatoms. The van der Waals surface area contributed by atoms with Crippen LogP contribution in [0.5, 0.6) is 0 Å². The molecule has 0 aromatic carbocycles. The van der Waals surface area contributed by atoms with Crippen LogP contribution in [0.15, 0.2) is 4.99 Å². The molecule has 0 saturated carbocycles. The SMILES string of the molecule is CC(OOO/C=N/CNC(=O)O)C(=O)OCCCCCC(=O)OCCCO. The molecule has 0 aliphatic rings. The summed E-state index contributed by atoms with van der Waals surface area (Å²) in [6.45, 7) is 1.51. The maximum Gasteiger partial charge on any atom is 0.406 e. The summed E-state index contributed by atoms with van der Waals surface area (Å²) < 4.78 is 9.83. The Labute approximate surface area is 156 Å². The number of esters is 2. The first-order chi connectivity index (χ1) is 13.0. The normalized spacial score (nSPS) is 11.8. The zero-order valence-electron chi connectivity index (χ0n) is 15.1. The monoisotopic (exact) mass is 394 g/mol. The van der Waals surface area contributed by atoms with Crippen molar-refractivity contribution >= 4 is 24.4 Å². The van der Waals surface area contributed by atoms with Gasteiger partial charge in [-0.2, -0.15) is 4.89 Å². The lowest BCUT2D eigenvalue weighted by molar-refractivity contribution is -0.483. The molecule has 1 amide bonds. The van der Waals surface area contributed by atoms with Crippen LogP contribution < -0.4 is 5.32 Å². The number of nitrogens with zero attached hydrogens (tertiary/aromatic N) is 1. The highest BCUT2D eigenvalue weighted by Crippen LogP contribution is 2.03. The van der Waals surface area contributed by atoms with Crippen LogP contribution in [0.25, 0.3) is 0 Å². The Bertz CT molecular complexity index is 458. The van der Waals surface area contributed by atoms with E-state index in [4.69, 9.17) is 19.7 Å². The van der Waals surface area contributed by atoms with Gasteiger partial charge in [-0.3, -0.25) is 9.68 Å². The highest BCUT2D eigenvalue weighted by Gasteiger charge is 2.16. The molecule has 0 aromatic heterocycles. The number of rotatable bonds is 16. The molecular formula is C15H26N2O10. The van der Waals surface area contributed by atoms with Crippen molar-refractivity contribution in [1.82, 2.24) is 5.32 Å². The van der Waals surface area contributed by atoms with Gasteiger partial charge in [0.15, 0.2) is 6.10 Å². The third kappa shape index (κ3) is 16.8. The zero-order chi connectivity index (χ0) is 20.3. The van der Waals surface area contributed by atoms with Gasteiger partial charge in [-0.25, -0.2) is 14.6 Å². The average molecular weight is 394 g/mol. The van der Waals surface area contributed by atoms with E-state index in [9.17, 15) is 14.4 Å². The molecule has 0 aliphatic heterocycles. The second kappa shape index (κ2) is 17.0. The van der Waals surface area contributed by atoms with Crippen molar-refractivity contribution in [2.24, 2.45) is 4.99 Å². The van der Waals surface area contributed by atoms with Gasteiger partial charge >= 0.3 is 18.0 Å². The fraction of sp³-hybridized carbons (Fsp3) is 0.733. The van der Waals surface area contributed by atoms with E-state index >= 15 is 0 Å². The number of aliphatic imine (C=N–C) groups is 1. The first kappa shape index (κ1) is 24.6. The summed E-state index contributed by atoms with van der Waals surface area (Å²) in [5.41, 5.74) is 0. The fourth-order valence-corrected chi connectivity index (χ4v) is 1.48. The van der Waals surface area contributed by atoms with Crippen LogP contribution >= 0.6 is 0 Å². The number of carboxylic acid groups (broad SMARTS) is 1. The van der Waals surface area contributed by atoms with Crippen LogP contribution in [0.3, 0.4) is 0 Å². The van der Waals surface area contributed by atoms with Gasteiger partial charge in [-0.1, -0.05) is 0 Å². The van der Waals surface area contributed by atoms with Gasteiger partial charge in [0.1, 0.15) is 6.67 Å². The van der Waals surface area contributed by atoms with Crippen LogP contribution in [-0.4, -0.2) is 67.2 Å². The van der Waals surface area contributed by atoms with E-state index in [1.54, 1.807) is 0 Å². The van der Waals surface area contributed by atoms with Gasteiger partial charge in [0.05, 0.1) is 13.2 Å². The number of amides is 1. The molecule has 0 rings (SSSR count). The summed E-state index contributed by atoms with van der Waals surface area (Å²) in [7, 11) is 0. The van der Waals surface area contributed by atoms with Gasteiger partial charge < -0.3 is 25.0 Å². The molecule has 0 aromatic rings. The molecule has 1 unspecified atom stereocenters. The molecule has 0 bridgehead atoms. The minimum Gasteiger partial charge on any atom is -0.466 e. The summed E-state index contributed by atoms with van der Waals surface area (Å²) in [5.74, 6) is -0.978. The standard InChI is InChI=1S/C15H26N2O10/c1-12(26-27-25-11-16-10-17-15(21)22)14(20)24-8-4-2-3-6-13(19)23-9-5-7-18/h11-12,17-18H,2-10H2,1H3,(H,21,22)/b16-11+. The third-order valence-electron chi connectivity index (χ3n) is 2.83. The summed E-state index contributed by atoms with van der Waals surface area (Å²) in [5, 5.41) is 23.0. The molecule has 0 radical (unpaired) electrons. The molecule has 3 N–H and O–H groups in total. The molecule has 27 heavy (non-hydrogen) atoms. The van der Waals surface area contributed by atoms with Crippen LogP contribution in [0.4, 0.5) is 4.79 Å². The first-order valence-corrected chi connectivity index (χ1v) is 8.34. The molecule has 156 valence electrons. The van der Waals surface area contributed by atoms with Gasteiger partial charge in [0, 0.05) is 19.4 Å². The van der Waals surface area contributed by atoms with E-state index in [1.807, 2.05) is 5.32 Å². The third-order valence-corrected chi connectivity index (χ3v) is 2.83. The molecule has 12 nitrogen and oxygen atoms in total. The molecule has 1 atom stereocenters. The first-order valence-electron chi connectivity index (χ1n) is 8.34. The van der Waals surface area contributed by atoms with E-state index in [0.717, 1.165) is 6.40 Å². The average Bonchev–Trinajstić information content (AvgIpc) is 2.63. The minimum absolute atomic E-state index is 0.0180. The molecule has 0 fully saturated rings. The Kier molecular flexibility index (Phi) is 15.5. The highest BCUT2D eigenvalue weighted by atomic mass is 17.5. The van der Waals surface area contributed by atoms with Crippen molar-refractivity contribution in [1.29, 1.82) is 0 Å². The van der Waals surface area contributed by atoms with Crippen molar-refractivity contribution in [2.75, 3.05) is 26.5 Å². The van der Waals surface area contributed by atoms with E-state index in [2.05, 4.69) is 19.8 Å². The molecule has 0 heterocycles. The van der Waals surface area contributed by atoms with Gasteiger partial charge in [-0.05, 0) is 31.2 Å². The lowest BCUT2D eigenvalue weighted by Gasteiger charge is -2.10. The topological polar surface area (TPSA) is 162 Å². The van der Waals surface area contributed by atoms with Gasteiger partial charge in [0.25, 0.3) is 0 Å². The van der Waals surface area contributed by atoms with E-state index in [0.29, 0.717) is 25.7 Å². The number of nitrogens with one attached hydrogen (secondary N) is 1. The fourth-order valence-electron chi connectivity index (χ4n) is 1.48. The lowest BCUT2D eigenvalue weighted by Crippen LogP contribution is -2.24. The predicted octanol–water partition coefficient (Wildman–Crippen LogP) is 0.537. The van der Waals surface area contributed by atoms with Crippen molar-refractivity contribution in [2.45, 2.75) is 45.1 Å². The Hall–Kier alpha value is -2.44. The zero-order valence-corrected chi connectivity index (χ0v) is 15.1. The quantitative estimate of drug-likeness (QED) is 0.0840. The molecule has 0 saturated heterocycles. The Balaban J connectivity index is 3.55. The van der Waals surface area contributed by atoms with Crippen LogP contribution in [-0.2, 0) is 33.9 Å². The second-order valence-corrected chi connectivity index (χ2v) is 5.11. The number of carbonyl (C=O) groups is 3. The second-order valence-electron chi connectivity index (χ2n) is 5.11. The summed E-state index contributed by atoms with van der Waals surface area (Å²) in [4.78, 5) is 45.4. The van der Waals surface area contributed by atoms with E-state index in [-0.39, 0.29) is 38.9 Å². The molecule has 0 aliphatic carbocycles. The lowest BCUT2D eigenvalue weighted by atomic mass is 10.2. The van der Waals surface area contributed by atoms with Gasteiger partial charge in [-0.15, -0.1) is 0 Å². The summed E-state index contributed by atoms with van der Waals surface area (Å²) >= 11 is 0. The number of aliphatic hydroxyl groups excluding tert-OH is 1. The van der Waals surface area contributed by atoms with E-state index < -0.39 is 18.2 Å². The van der Waals surface area contributed by atoms with Gasteiger partial charge in [0.2, 0.25) is 6.40 Å². The van der Waals surface area contributed by atoms with Crippen molar-refractivity contribution in [3.63, 3.8) is 0 Å². The Morgan fingerprint density at radius 2 is 1.85 bits per heavy atom. The summed E-state index contributed by atoms with van der Waals surface area (Å²) in [6, 6.07) is 0. The molecular weight excluding hydrogens is 368 g/mol. The number of unbranched alkanes of at least 4 members (excludes halogenated alkanes) is 2. The van der Waals surface area contributed by atoms with Crippen molar-refractivity contribution in [3.8, 4) is 0 Å². The largest absolute Gasteiger partial charge is 0.466 e. The number of aliphatic hydroxyl groups is 1. The Morgan fingerprint density at radius 3 is 2.56 bits per heavy atom. The van der Waals surface area contributed by atoms with Crippen molar-refractivity contribution in [3.05, 3.63) is 0 Å². The minimum atomic E-state index is -1.24. The molecule has 0 spiro atoms. The maximum atomic E-state index is 11.6. The van der Waals surface area contributed by atoms with Crippen molar-refractivity contribution < 1.29 is 48.9 Å². The van der Waals surface area contributed by atoms with Crippen LogP contribution in [0.2, 0.25) is 0 Å². The Morgan fingerprint density at radius 1 is 1.11 bits per heavy atom. The maximum absolute atomic E-state index is 11.6. The van der Waals surface area contributed by atoms with Crippen LogP contribution in [0, 0.1) is 0 Å². The number of ether oxygens (including phenoxy) is 2. The smallest absolute Gasteiger partial charge is 0.406 e. The number of hydrogen-bond donors (Lipinski definition) is 3. The van der Waals surface area contributed by atoms with E-state index in [1.165, 1.54) is 6.92 Å². The summed E-state index contributed by atoms with van der Waals surface area (Å²) in [6.07, 6.45) is 1.06. The highest BCUT2D eigenvalue weighted by molar-refractivity contribution is 5.74.